The maximum Gasteiger partial charge on any atom is 0.335 e. The minimum Gasteiger partial charge on any atom is -0.495 e. The van der Waals surface area contributed by atoms with Gasteiger partial charge in [-0.1, -0.05) is 54.1 Å². The van der Waals surface area contributed by atoms with E-state index in [0.717, 1.165) is 28.1 Å². The third kappa shape index (κ3) is 5.35. The molecule has 2 heterocycles. The fourth-order valence-electron chi connectivity index (χ4n) is 4.12. The zero-order chi connectivity index (χ0) is 25.2. The summed E-state index contributed by atoms with van der Waals surface area (Å²) in [5, 5.41) is 9.29. The molecular formula is C28H30N2O5. The number of ketones is 1. The second kappa shape index (κ2) is 9.88. The van der Waals surface area contributed by atoms with Gasteiger partial charge in [-0.15, -0.1) is 0 Å². The number of hydrogen-bond donors (Lipinski definition) is 1. The lowest BCUT2D eigenvalue weighted by Gasteiger charge is -2.22. The van der Waals surface area contributed by atoms with Crippen LogP contribution in [0.25, 0.3) is 0 Å². The van der Waals surface area contributed by atoms with Crippen LogP contribution in [0.4, 0.5) is 5.69 Å². The Morgan fingerprint density at radius 3 is 2.51 bits per heavy atom. The summed E-state index contributed by atoms with van der Waals surface area (Å²) in [5.41, 5.74) is 4.04. The number of nitrogens with zero attached hydrogens (tertiary/aromatic N) is 2. The van der Waals surface area contributed by atoms with Crippen molar-refractivity contribution in [2.45, 2.75) is 45.4 Å². The molecule has 7 nitrogen and oxygen atoms in total. The van der Waals surface area contributed by atoms with Crippen LogP contribution in [0.15, 0.2) is 60.8 Å². The van der Waals surface area contributed by atoms with E-state index in [1.807, 2.05) is 61.5 Å². The Hall–Kier alpha value is -3.71. The van der Waals surface area contributed by atoms with Crippen LogP contribution in [-0.4, -0.2) is 41.1 Å². The van der Waals surface area contributed by atoms with Gasteiger partial charge in [-0.3, -0.25) is 9.78 Å². The highest BCUT2D eigenvalue weighted by atomic mass is 16.5. The number of pyridine rings is 1. The predicted molar refractivity (Wildman–Crippen MR) is 133 cm³/mol. The molecule has 0 amide bonds. The molecule has 0 saturated carbocycles. The smallest absolute Gasteiger partial charge is 0.335 e. The van der Waals surface area contributed by atoms with Crippen LogP contribution >= 0.6 is 0 Å². The lowest BCUT2D eigenvalue weighted by Crippen LogP contribution is -2.34. The topological polar surface area (TPSA) is 89.0 Å². The largest absolute Gasteiger partial charge is 0.495 e. The number of aliphatic carboxylic acids is 1. The van der Waals surface area contributed by atoms with E-state index in [-0.39, 0.29) is 18.3 Å². The van der Waals surface area contributed by atoms with Crippen molar-refractivity contribution >= 4 is 17.4 Å². The maximum atomic E-state index is 13.4. The molecule has 4 rings (SSSR count). The molecule has 3 aromatic rings. The van der Waals surface area contributed by atoms with Gasteiger partial charge in [0, 0.05) is 24.7 Å². The van der Waals surface area contributed by atoms with Gasteiger partial charge in [0.05, 0.1) is 37.2 Å². The number of benzene rings is 2. The fraction of sp³-hybridized carbons (Fsp3) is 0.321. The summed E-state index contributed by atoms with van der Waals surface area (Å²) >= 11 is 0. The van der Waals surface area contributed by atoms with E-state index in [9.17, 15) is 14.7 Å². The number of rotatable bonds is 9. The molecule has 0 saturated heterocycles. The van der Waals surface area contributed by atoms with Gasteiger partial charge in [0.1, 0.15) is 5.75 Å². The lowest BCUT2D eigenvalue weighted by atomic mass is 9.95. The normalized spacial score (nSPS) is 15.1. The predicted octanol–water partition coefficient (Wildman–Crippen LogP) is 4.77. The molecule has 0 radical (unpaired) electrons. The monoisotopic (exact) mass is 474 g/mol. The summed E-state index contributed by atoms with van der Waals surface area (Å²) < 4.78 is 11.0. The number of hydrogen-bond acceptors (Lipinski definition) is 6. The number of fused-ring (bicyclic) bond motifs is 1. The number of carboxylic acids is 1. The van der Waals surface area contributed by atoms with Crippen LogP contribution in [0.2, 0.25) is 0 Å². The van der Waals surface area contributed by atoms with Gasteiger partial charge in [-0.2, -0.15) is 0 Å². The van der Waals surface area contributed by atoms with E-state index in [1.165, 1.54) is 13.8 Å². The number of carboxylic acid groups (broad SMARTS) is 1. The molecule has 182 valence electrons. The Kier molecular flexibility index (Phi) is 6.89. The summed E-state index contributed by atoms with van der Waals surface area (Å²) in [4.78, 5) is 31.5. The first-order valence-corrected chi connectivity index (χ1v) is 11.5. The molecule has 1 aliphatic rings. The van der Waals surface area contributed by atoms with Crippen LogP contribution in [0.5, 0.6) is 5.75 Å². The second-order valence-corrected chi connectivity index (χ2v) is 9.37. The third-order valence-electron chi connectivity index (χ3n) is 6.31. The molecule has 1 unspecified atom stereocenters. The molecule has 0 bridgehead atoms. The van der Waals surface area contributed by atoms with E-state index in [0.29, 0.717) is 24.4 Å². The van der Waals surface area contributed by atoms with Gasteiger partial charge in [0.25, 0.3) is 0 Å². The Balaban J connectivity index is 1.57. The van der Waals surface area contributed by atoms with Crippen molar-refractivity contribution in [1.29, 1.82) is 0 Å². The highest BCUT2D eigenvalue weighted by molar-refractivity contribution is 6.02. The average molecular weight is 475 g/mol. The molecule has 35 heavy (non-hydrogen) atoms. The van der Waals surface area contributed by atoms with E-state index in [4.69, 9.17) is 9.47 Å². The first-order valence-electron chi connectivity index (χ1n) is 11.5. The van der Waals surface area contributed by atoms with Crippen molar-refractivity contribution in [3.8, 4) is 5.75 Å². The summed E-state index contributed by atoms with van der Waals surface area (Å²) in [6, 6.07) is 17.4. The first kappa shape index (κ1) is 24.4. The van der Waals surface area contributed by atoms with Gasteiger partial charge in [-0.25, -0.2) is 4.79 Å². The SMILES string of the molecule is COc1cnc2c(c1)N(Cc1cccc(COC(C)(C)C(=O)O)c1)CC2C(=O)c1ccc(C)cc1. The van der Waals surface area contributed by atoms with Gasteiger partial charge in [0.2, 0.25) is 0 Å². The Bertz CT molecular complexity index is 1240. The van der Waals surface area contributed by atoms with Crippen LogP contribution < -0.4 is 9.64 Å². The number of aromatic nitrogens is 1. The molecule has 2 aromatic carbocycles. The molecule has 1 aliphatic heterocycles. The van der Waals surface area contributed by atoms with Crippen LogP contribution in [0, 0.1) is 6.92 Å². The lowest BCUT2D eigenvalue weighted by molar-refractivity contribution is -0.162. The van der Waals surface area contributed by atoms with Crippen molar-refractivity contribution in [1.82, 2.24) is 4.98 Å². The van der Waals surface area contributed by atoms with Crippen molar-refractivity contribution in [2.75, 3.05) is 18.6 Å². The molecule has 7 heteroatoms. The molecular weight excluding hydrogens is 444 g/mol. The number of ether oxygens (including phenoxy) is 2. The quantitative estimate of drug-likeness (QED) is 0.447. The van der Waals surface area contributed by atoms with Crippen molar-refractivity contribution in [2.24, 2.45) is 0 Å². The number of aryl methyl sites for hydroxylation is 1. The molecule has 1 atom stereocenters. The van der Waals surface area contributed by atoms with E-state index < -0.39 is 11.6 Å². The Morgan fingerprint density at radius 1 is 1.11 bits per heavy atom. The highest BCUT2D eigenvalue weighted by Crippen LogP contribution is 2.39. The standard InChI is InChI=1S/C28H30N2O5/c1-18-8-10-21(11-9-18)26(31)23-16-30(24-13-22(34-4)14-29-25(23)24)15-19-6-5-7-20(12-19)17-35-28(2,3)27(32)33/h5-14,23H,15-17H2,1-4H3,(H,32,33). The average Bonchev–Trinajstić information content (AvgIpc) is 3.20. The first-order chi connectivity index (χ1) is 16.7. The minimum absolute atomic E-state index is 0.0458. The Labute approximate surface area is 205 Å². The zero-order valence-corrected chi connectivity index (χ0v) is 20.4. The van der Waals surface area contributed by atoms with Gasteiger partial charge in [0.15, 0.2) is 11.4 Å². The maximum absolute atomic E-state index is 13.4. The summed E-state index contributed by atoms with van der Waals surface area (Å²) in [6.45, 7) is 6.33. The van der Waals surface area contributed by atoms with Crippen LogP contribution in [0.3, 0.4) is 0 Å². The summed E-state index contributed by atoms with van der Waals surface area (Å²) in [6.07, 6.45) is 1.65. The van der Waals surface area contributed by atoms with Gasteiger partial charge < -0.3 is 19.5 Å². The van der Waals surface area contributed by atoms with Gasteiger partial charge in [-0.05, 0) is 31.9 Å². The molecule has 1 aromatic heterocycles. The molecule has 0 aliphatic carbocycles. The van der Waals surface area contributed by atoms with Gasteiger partial charge >= 0.3 is 5.97 Å². The molecule has 1 N–H and O–H groups in total. The molecule has 0 fully saturated rings. The number of carbonyl (C=O) groups excluding carboxylic acids is 1. The highest BCUT2D eigenvalue weighted by Gasteiger charge is 2.36. The van der Waals surface area contributed by atoms with Crippen LogP contribution in [0.1, 0.15) is 52.5 Å². The Morgan fingerprint density at radius 2 is 1.83 bits per heavy atom. The van der Waals surface area contributed by atoms with Crippen molar-refractivity contribution < 1.29 is 24.2 Å². The van der Waals surface area contributed by atoms with Crippen LogP contribution in [-0.2, 0) is 22.7 Å². The number of anilines is 1. The van der Waals surface area contributed by atoms with E-state index in [1.54, 1.807) is 13.3 Å². The number of methoxy groups -OCH3 is 1. The molecule has 0 spiro atoms. The summed E-state index contributed by atoms with van der Waals surface area (Å²) in [7, 11) is 1.60. The third-order valence-corrected chi connectivity index (χ3v) is 6.31. The number of carbonyl (C=O) groups is 2. The number of Topliss-reactive ketones (excluding diaryl/α,β-unsaturated/α-hetero) is 1. The zero-order valence-electron chi connectivity index (χ0n) is 20.4. The fourth-order valence-corrected chi connectivity index (χ4v) is 4.12. The van der Waals surface area contributed by atoms with E-state index >= 15 is 0 Å². The summed E-state index contributed by atoms with van der Waals surface area (Å²) in [5.74, 6) is -0.700. The second-order valence-electron chi connectivity index (χ2n) is 9.37. The van der Waals surface area contributed by atoms with Crippen molar-refractivity contribution in [3.63, 3.8) is 0 Å². The minimum atomic E-state index is -1.27. The van der Waals surface area contributed by atoms with Crippen molar-refractivity contribution in [3.05, 3.63) is 88.7 Å². The van der Waals surface area contributed by atoms with E-state index in [2.05, 4.69) is 9.88 Å².